The van der Waals surface area contributed by atoms with Crippen LogP contribution in [0.1, 0.15) is 24.2 Å². The molecule has 3 aromatic rings. The molecule has 0 saturated carbocycles. The molecule has 1 aliphatic heterocycles. The molecule has 0 radical (unpaired) electrons. The predicted molar refractivity (Wildman–Crippen MR) is 99.1 cm³/mol. The van der Waals surface area contributed by atoms with Gasteiger partial charge in [-0.1, -0.05) is 42.4 Å². The summed E-state index contributed by atoms with van der Waals surface area (Å²) in [5, 5.41) is 6.95. The molecule has 1 N–H and O–H groups in total. The van der Waals surface area contributed by atoms with Gasteiger partial charge in [-0.25, -0.2) is 4.98 Å². The molecule has 0 aliphatic carbocycles. The van der Waals surface area contributed by atoms with E-state index in [9.17, 15) is 4.79 Å². The van der Waals surface area contributed by atoms with Gasteiger partial charge in [0.1, 0.15) is 11.7 Å². The predicted octanol–water partition coefficient (Wildman–Crippen LogP) is 2.70. The van der Waals surface area contributed by atoms with Crippen LogP contribution in [0.3, 0.4) is 0 Å². The van der Waals surface area contributed by atoms with Crippen LogP contribution in [0, 0.1) is 5.92 Å². The van der Waals surface area contributed by atoms with E-state index >= 15 is 0 Å². The van der Waals surface area contributed by atoms with Crippen molar-refractivity contribution in [2.24, 2.45) is 11.1 Å². The molecule has 132 valence electrons. The molecule has 2 aromatic heterocycles. The minimum Gasteiger partial charge on any atom is -0.391 e. The van der Waals surface area contributed by atoms with Gasteiger partial charge in [-0.3, -0.25) is 4.79 Å². The molecule has 0 bridgehead atoms. The van der Waals surface area contributed by atoms with Crippen LogP contribution >= 0.6 is 0 Å². The topological polar surface area (TPSA) is 68.0 Å². The number of amides is 1. The van der Waals surface area contributed by atoms with Gasteiger partial charge in [-0.2, -0.15) is 0 Å². The van der Waals surface area contributed by atoms with E-state index in [1.807, 2.05) is 43.5 Å². The Kier molecular flexibility index (Phi) is 4.07. The molecule has 1 aliphatic rings. The molecule has 4 rings (SSSR count). The third-order valence-electron chi connectivity index (χ3n) is 4.58. The summed E-state index contributed by atoms with van der Waals surface area (Å²) in [4.78, 5) is 22.2. The highest BCUT2D eigenvalue weighted by atomic mass is 16.6. The highest BCUT2D eigenvalue weighted by Gasteiger charge is 2.30. The van der Waals surface area contributed by atoms with Crippen molar-refractivity contribution in [1.82, 2.24) is 14.7 Å². The van der Waals surface area contributed by atoms with E-state index in [1.165, 1.54) is 0 Å². The lowest BCUT2D eigenvalue weighted by Crippen LogP contribution is -2.34. The number of hydrogen-bond acceptors (Lipinski definition) is 4. The van der Waals surface area contributed by atoms with Gasteiger partial charge < -0.3 is 14.6 Å². The molecular weight excluding hydrogens is 328 g/mol. The fraction of sp³-hybridized carbons (Fsp3) is 0.250. The quantitative estimate of drug-likeness (QED) is 0.770. The van der Waals surface area contributed by atoms with E-state index in [0.717, 1.165) is 5.56 Å². The van der Waals surface area contributed by atoms with Crippen LogP contribution < -0.4 is 5.32 Å². The van der Waals surface area contributed by atoms with Crippen LogP contribution in [-0.2, 0) is 11.3 Å². The number of hydrogen-bond donors (Lipinski definition) is 1. The zero-order valence-corrected chi connectivity index (χ0v) is 14.4. The molecule has 2 atom stereocenters. The number of aromatic nitrogens is 2. The van der Waals surface area contributed by atoms with E-state index in [4.69, 9.17) is 6.21 Å². The summed E-state index contributed by atoms with van der Waals surface area (Å²) >= 11 is 0. The van der Waals surface area contributed by atoms with E-state index in [1.54, 1.807) is 28.9 Å². The van der Waals surface area contributed by atoms with Crippen LogP contribution in [0.4, 0.5) is 0 Å². The number of benzene rings is 1. The third-order valence-corrected chi connectivity index (χ3v) is 4.58. The van der Waals surface area contributed by atoms with Gasteiger partial charge in [-0.15, -0.1) is 0 Å². The number of fused-ring (bicyclic) bond motifs is 1. The van der Waals surface area contributed by atoms with Crippen LogP contribution in [-0.4, -0.2) is 33.6 Å². The number of imidazole rings is 1. The lowest BCUT2D eigenvalue weighted by atomic mass is 9.94. The van der Waals surface area contributed by atoms with Crippen LogP contribution in [0.2, 0.25) is 0 Å². The Balaban J connectivity index is 1.42. The first kappa shape index (κ1) is 15.1. The second-order valence-corrected chi connectivity index (χ2v) is 6.29. The van der Waals surface area contributed by atoms with Gasteiger partial charge in [-0.05, 0) is 17.7 Å². The first-order valence-corrected chi connectivity index (χ1v) is 8.55. The van der Waals surface area contributed by atoms with Crippen molar-refractivity contribution in [1.29, 1.82) is 0 Å². The average molecular weight is 349 g/mol. The summed E-state index contributed by atoms with van der Waals surface area (Å²) in [5.41, 5.74) is 2.78. The number of pyridine rings is 1. The molecular formula is C20H20N4O2. The van der Waals surface area contributed by atoms with E-state index in [0.29, 0.717) is 23.3 Å². The van der Waals surface area contributed by atoms with Crippen LogP contribution in [0.5, 0.6) is 0 Å². The number of oxime groups is 1. The highest BCUT2D eigenvalue weighted by molar-refractivity contribution is 6.02. The van der Waals surface area contributed by atoms with Gasteiger partial charge in [0.25, 0.3) is 5.91 Å². The standard InChI is InChI=1S/C20H20N4O2/c1-14-17(23-26-18(14)12-15-6-3-2-4-7-15)13-22-20(25)16-8-5-10-24-11-9-21-19(16)24/h2-11,14,18H,12-13H2,1H3,(H,22,25)/i18D. The first-order valence-electron chi connectivity index (χ1n) is 9.05. The Morgan fingerprint density at radius 2 is 2.12 bits per heavy atom. The van der Waals surface area contributed by atoms with Gasteiger partial charge in [0, 0.05) is 30.9 Å². The summed E-state index contributed by atoms with van der Waals surface area (Å²) in [7, 11) is 0. The number of rotatable bonds is 5. The zero-order valence-electron chi connectivity index (χ0n) is 15.4. The van der Waals surface area contributed by atoms with Gasteiger partial charge >= 0.3 is 0 Å². The summed E-state index contributed by atoms with van der Waals surface area (Å²) < 4.78 is 10.4. The Labute approximate surface area is 152 Å². The monoisotopic (exact) mass is 349 g/mol. The fourth-order valence-electron chi connectivity index (χ4n) is 3.02. The Morgan fingerprint density at radius 3 is 2.96 bits per heavy atom. The van der Waals surface area contributed by atoms with E-state index in [2.05, 4.69) is 15.5 Å². The molecule has 3 heterocycles. The Hall–Kier alpha value is -3.15. The highest BCUT2D eigenvalue weighted by Crippen LogP contribution is 2.22. The third kappa shape index (κ3) is 3.18. The summed E-state index contributed by atoms with van der Waals surface area (Å²) in [6.45, 7) is 2.14. The number of carbonyl (C=O) groups is 1. The zero-order chi connectivity index (χ0) is 18.9. The average Bonchev–Trinajstić information content (AvgIpc) is 3.26. The second-order valence-electron chi connectivity index (χ2n) is 6.29. The van der Waals surface area contributed by atoms with Crippen molar-refractivity contribution in [2.75, 3.05) is 6.54 Å². The van der Waals surface area contributed by atoms with Crippen molar-refractivity contribution in [3.63, 3.8) is 0 Å². The van der Waals surface area contributed by atoms with Gasteiger partial charge in [0.2, 0.25) is 0 Å². The van der Waals surface area contributed by atoms with E-state index in [-0.39, 0.29) is 18.4 Å². The molecule has 0 spiro atoms. The molecule has 2 unspecified atom stereocenters. The van der Waals surface area contributed by atoms with Crippen molar-refractivity contribution in [3.05, 3.63) is 72.2 Å². The van der Waals surface area contributed by atoms with Gasteiger partial charge in [0.15, 0.2) is 0 Å². The van der Waals surface area contributed by atoms with Crippen molar-refractivity contribution in [2.45, 2.75) is 19.4 Å². The van der Waals surface area contributed by atoms with Gasteiger partial charge in [0.05, 0.1) is 19.2 Å². The number of carbonyl (C=O) groups excluding carboxylic acids is 1. The van der Waals surface area contributed by atoms with Crippen molar-refractivity contribution < 1.29 is 11.0 Å². The second kappa shape index (κ2) is 7.00. The molecule has 1 aromatic carbocycles. The van der Waals surface area contributed by atoms with Crippen LogP contribution in [0.15, 0.2) is 66.2 Å². The molecule has 0 saturated heterocycles. The van der Waals surface area contributed by atoms with Crippen molar-refractivity contribution >= 4 is 17.3 Å². The first-order chi connectivity index (χ1) is 13.1. The molecule has 1 amide bonds. The smallest absolute Gasteiger partial charge is 0.255 e. The lowest BCUT2D eigenvalue weighted by Gasteiger charge is -2.15. The SMILES string of the molecule is [2H]C1(Cc2ccccc2)ON=C(CNC(=O)c2cccn3ccnc23)C1C. The number of nitrogens with one attached hydrogen (secondary N) is 1. The maximum absolute atomic E-state index is 12.6. The summed E-state index contributed by atoms with van der Waals surface area (Å²) in [6.07, 6.45) is 4.56. The summed E-state index contributed by atoms with van der Waals surface area (Å²) in [6, 6.07) is 13.3. The molecule has 6 heteroatoms. The maximum Gasteiger partial charge on any atom is 0.255 e. The largest absolute Gasteiger partial charge is 0.391 e. The minimum absolute atomic E-state index is 0.229. The fourth-order valence-corrected chi connectivity index (χ4v) is 3.02. The Morgan fingerprint density at radius 1 is 1.27 bits per heavy atom. The van der Waals surface area contributed by atoms with Crippen LogP contribution in [0.25, 0.3) is 5.65 Å². The van der Waals surface area contributed by atoms with E-state index < -0.39 is 6.08 Å². The maximum atomic E-state index is 12.6. The van der Waals surface area contributed by atoms with Crippen molar-refractivity contribution in [3.8, 4) is 0 Å². The molecule has 6 nitrogen and oxygen atoms in total. The molecule has 0 fully saturated rings. The normalized spacial score (nSPS) is 22.6. The Bertz CT molecular complexity index is 1000. The minimum atomic E-state index is -1.16. The summed E-state index contributed by atoms with van der Waals surface area (Å²) in [5.74, 6) is -0.465. The molecule has 26 heavy (non-hydrogen) atoms. The lowest BCUT2D eigenvalue weighted by molar-refractivity contribution is 0.0660. The number of nitrogens with zero attached hydrogens (tertiary/aromatic N) is 3.